The monoisotopic (exact) mass is 271 g/mol. The van der Waals surface area contributed by atoms with E-state index in [2.05, 4.69) is 20.4 Å². The Morgan fingerprint density at radius 3 is 2.42 bits per heavy atom. The van der Waals surface area contributed by atoms with Crippen molar-refractivity contribution in [2.45, 2.75) is 26.6 Å². The van der Waals surface area contributed by atoms with Crippen LogP contribution in [0.25, 0.3) is 0 Å². The van der Waals surface area contributed by atoms with Gasteiger partial charge in [0.25, 0.3) is 0 Å². The van der Waals surface area contributed by atoms with E-state index >= 15 is 0 Å². The van der Waals surface area contributed by atoms with Crippen molar-refractivity contribution in [2.75, 3.05) is 5.32 Å². The number of nitrogens with zero attached hydrogens (tertiary/aromatic N) is 4. The minimum absolute atomic E-state index is 0.320. The fourth-order valence-electron chi connectivity index (χ4n) is 1.48. The molecule has 0 unspecified atom stereocenters. The molecular weight excluding hydrogens is 259 g/mol. The summed E-state index contributed by atoms with van der Waals surface area (Å²) in [6.07, 6.45) is 0.220. The lowest BCUT2D eigenvalue weighted by Gasteiger charge is -2.05. The van der Waals surface area contributed by atoms with Crippen LogP contribution in [0.3, 0.4) is 0 Å². The van der Waals surface area contributed by atoms with Crippen LogP contribution in [0.2, 0.25) is 0 Å². The second-order valence-electron chi connectivity index (χ2n) is 4.15. The molecule has 2 aromatic rings. The summed E-state index contributed by atoms with van der Waals surface area (Å²) in [6, 6.07) is 0. The second kappa shape index (κ2) is 4.87. The highest BCUT2D eigenvalue weighted by Gasteiger charge is 2.28. The van der Waals surface area contributed by atoms with Crippen molar-refractivity contribution < 1.29 is 13.2 Å². The largest absolute Gasteiger partial charge is 0.408 e. The zero-order chi connectivity index (χ0) is 14.0. The normalized spacial score (nSPS) is 11.6. The van der Waals surface area contributed by atoms with E-state index in [1.165, 1.54) is 6.20 Å². The number of rotatable bonds is 3. The molecular formula is C11H12F3N5. The lowest BCUT2D eigenvalue weighted by atomic mass is 10.4. The van der Waals surface area contributed by atoms with Gasteiger partial charge < -0.3 is 5.32 Å². The molecule has 0 spiro atoms. The smallest absolute Gasteiger partial charge is 0.321 e. The van der Waals surface area contributed by atoms with Gasteiger partial charge >= 0.3 is 6.18 Å². The van der Waals surface area contributed by atoms with Gasteiger partial charge in [-0.1, -0.05) is 0 Å². The third-order valence-electron chi connectivity index (χ3n) is 2.32. The number of aromatic nitrogens is 4. The van der Waals surface area contributed by atoms with Gasteiger partial charge in [0.1, 0.15) is 6.54 Å². The van der Waals surface area contributed by atoms with Crippen molar-refractivity contribution in [1.82, 2.24) is 19.7 Å². The molecule has 0 saturated carbocycles. The molecule has 0 saturated heterocycles. The summed E-state index contributed by atoms with van der Waals surface area (Å²) in [6.45, 7) is 2.34. The summed E-state index contributed by atoms with van der Waals surface area (Å²) in [5.41, 5.74) is 1.80. The summed E-state index contributed by atoms with van der Waals surface area (Å²) in [7, 11) is 0. The zero-order valence-corrected chi connectivity index (χ0v) is 10.4. The molecule has 0 aromatic carbocycles. The van der Waals surface area contributed by atoms with E-state index in [-0.39, 0.29) is 0 Å². The Hall–Kier alpha value is -2.12. The Kier molecular flexibility index (Phi) is 3.41. The van der Waals surface area contributed by atoms with Crippen molar-refractivity contribution in [3.63, 3.8) is 0 Å². The molecule has 8 heteroatoms. The van der Waals surface area contributed by atoms with Gasteiger partial charge in [-0.25, -0.2) is 9.97 Å². The van der Waals surface area contributed by atoms with Crippen LogP contribution in [0.15, 0.2) is 18.6 Å². The first-order valence-corrected chi connectivity index (χ1v) is 5.50. The molecule has 0 fully saturated rings. The van der Waals surface area contributed by atoms with Crippen LogP contribution >= 0.6 is 0 Å². The zero-order valence-electron chi connectivity index (χ0n) is 10.4. The fraction of sp³-hybridized carbons (Fsp3) is 0.364. The van der Waals surface area contributed by atoms with Gasteiger partial charge in [0.05, 0.1) is 11.4 Å². The van der Waals surface area contributed by atoms with E-state index in [1.54, 1.807) is 19.3 Å². The molecule has 0 amide bonds. The molecule has 19 heavy (non-hydrogen) atoms. The van der Waals surface area contributed by atoms with Crippen molar-refractivity contribution in [3.8, 4) is 0 Å². The van der Waals surface area contributed by atoms with Crippen LogP contribution in [0.5, 0.6) is 0 Å². The van der Waals surface area contributed by atoms with Gasteiger partial charge in [-0.2, -0.15) is 18.3 Å². The lowest BCUT2D eigenvalue weighted by Crippen LogP contribution is -2.17. The van der Waals surface area contributed by atoms with Gasteiger partial charge in [0, 0.05) is 18.6 Å². The number of anilines is 2. The number of nitrogens with one attached hydrogen (secondary N) is 1. The summed E-state index contributed by atoms with van der Waals surface area (Å²) in [5.74, 6) is 0.320. The van der Waals surface area contributed by atoms with E-state index < -0.39 is 12.7 Å². The molecule has 0 atom stereocenters. The third-order valence-corrected chi connectivity index (χ3v) is 2.32. The predicted octanol–water partition coefficient (Wildman–Crippen LogP) is 2.60. The number of halogens is 3. The summed E-state index contributed by atoms with van der Waals surface area (Å²) < 4.78 is 37.6. The maximum atomic E-state index is 12.2. The summed E-state index contributed by atoms with van der Waals surface area (Å²) >= 11 is 0. The topological polar surface area (TPSA) is 55.6 Å². The maximum absolute atomic E-state index is 12.2. The van der Waals surface area contributed by atoms with Gasteiger partial charge in [0.2, 0.25) is 5.95 Å². The highest BCUT2D eigenvalue weighted by atomic mass is 19.4. The van der Waals surface area contributed by atoms with Gasteiger partial charge in [0.15, 0.2) is 0 Å². The first-order chi connectivity index (χ1) is 8.83. The molecule has 2 rings (SSSR count). The molecule has 0 radical (unpaired) electrons. The second-order valence-corrected chi connectivity index (χ2v) is 4.15. The quantitative estimate of drug-likeness (QED) is 0.932. The molecule has 0 aliphatic rings. The molecule has 102 valence electrons. The van der Waals surface area contributed by atoms with Crippen LogP contribution in [-0.2, 0) is 6.54 Å². The van der Waals surface area contributed by atoms with Crippen molar-refractivity contribution >= 4 is 11.6 Å². The number of hydrogen-bond acceptors (Lipinski definition) is 4. The standard InChI is InChI=1S/C11H12F3N5/c1-7-3-15-10(16-4-7)17-9-5-19(18-8(9)2)6-11(12,13)14/h3-5H,6H2,1-2H3,(H,15,16,17). The first-order valence-electron chi connectivity index (χ1n) is 5.50. The van der Waals surface area contributed by atoms with Crippen LogP contribution in [0.1, 0.15) is 11.3 Å². The van der Waals surface area contributed by atoms with E-state index in [9.17, 15) is 13.2 Å². The fourth-order valence-corrected chi connectivity index (χ4v) is 1.48. The molecule has 2 heterocycles. The van der Waals surface area contributed by atoms with Crippen LogP contribution in [-0.4, -0.2) is 25.9 Å². The van der Waals surface area contributed by atoms with Crippen LogP contribution in [0.4, 0.5) is 24.8 Å². The van der Waals surface area contributed by atoms with Gasteiger partial charge in [-0.05, 0) is 19.4 Å². The average Bonchev–Trinajstić information content (AvgIpc) is 2.60. The number of alkyl halides is 3. The third kappa shape index (κ3) is 3.67. The highest BCUT2D eigenvalue weighted by molar-refractivity contribution is 5.54. The molecule has 0 aliphatic heterocycles. The summed E-state index contributed by atoms with van der Waals surface area (Å²) in [5, 5.41) is 6.62. The van der Waals surface area contributed by atoms with E-state index in [0.29, 0.717) is 17.3 Å². The van der Waals surface area contributed by atoms with Gasteiger partial charge in [-0.15, -0.1) is 0 Å². The van der Waals surface area contributed by atoms with E-state index in [4.69, 9.17) is 0 Å². The van der Waals surface area contributed by atoms with Crippen LogP contribution < -0.4 is 5.32 Å². The Labute approximate surface area is 107 Å². The van der Waals surface area contributed by atoms with Crippen LogP contribution in [0, 0.1) is 13.8 Å². The predicted molar refractivity (Wildman–Crippen MR) is 63.1 cm³/mol. The molecule has 5 nitrogen and oxygen atoms in total. The van der Waals surface area contributed by atoms with Crippen molar-refractivity contribution in [3.05, 3.63) is 29.8 Å². The Morgan fingerprint density at radius 2 is 1.84 bits per heavy atom. The van der Waals surface area contributed by atoms with Crippen molar-refractivity contribution in [1.29, 1.82) is 0 Å². The Morgan fingerprint density at radius 1 is 1.21 bits per heavy atom. The molecule has 2 aromatic heterocycles. The average molecular weight is 271 g/mol. The summed E-state index contributed by atoms with van der Waals surface area (Å²) in [4.78, 5) is 8.03. The SMILES string of the molecule is Cc1cnc(Nc2cn(CC(F)(F)F)nc2C)nc1. The van der Waals surface area contributed by atoms with E-state index in [1.807, 2.05) is 6.92 Å². The molecule has 1 N–H and O–H groups in total. The van der Waals surface area contributed by atoms with E-state index in [0.717, 1.165) is 10.2 Å². The first kappa shape index (κ1) is 13.3. The molecule has 0 aliphatic carbocycles. The molecule has 0 bridgehead atoms. The minimum atomic E-state index is -4.30. The van der Waals surface area contributed by atoms with Gasteiger partial charge in [-0.3, -0.25) is 4.68 Å². The van der Waals surface area contributed by atoms with Crippen molar-refractivity contribution in [2.24, 2.45) is 0 Å². The maximum Gasteiger partial charge on any atom is 0.408 e. The number of hydrogen-bond donors (Lipinski definition) is 1. The number of aryl methyl sites for hydroxylation is 2. The minimum Gasteiger partial charge on any atom is -0.321 e. The lowest BCUT2D eigenvalue weighted by molar-refractivity contribution is -0.142. The highest BCUT2D eigenvalue weighted by Crippen LogP contribution is 2.21. The Balaban J connectivity index is 2.15. The Bertz CT molecular complexity index is 559.